The Balaban J connectivity index is 2.42. The molecule has 0 saturated carbocycles. The van der Waals surface area contributed by atoms with E-state index >= 15 is 0 Å². The zero-order valence-corrected chi connectivity index (χ0v) is 10.4. The molecule has 2 heterocycles. The van der Waals surface area contributed by atoms with Crippen LogP contribution in [0.15, 0.2) is 18.6 Å². The SMILES string of the molecule is CCC(C)(CO)Nc1nccc2c1ncn2C. The Bertz CT molecular complexity index is 516. The van der Waals surface area contributed by atoms with E-state index in [1.807, 2.05) is 31.5 Å². The molecule has 5 heteroatoms. The van der Waals surface area contributed by atoms with Crippen molar-refractivity contribution in [2.75, 3.05) is 11.9 Å². The summed E-state index contributed by atoms with van der Waals surface area (Å²) in [5.41, 5.74) is 1.50. The largest absolute Gasteiger partial charge is 0.394 e. The molecule has 2 rings (SSSR count). The van der Waals surface area contributed by atoms with Crippen LogP contribution in [0.25, 0.3) is 11.0 Å². The van der Waals surface area contributed by atoms with Crippen molar-refractivity contribution in [3.63, 3.8) is 0 Å². The lowest BCUT2D eigenvalue weighted by Crippen LogP contribution is -2.38. The summed E-state index contributed by atoms with van der Waals surface area (Å²) in [5.74, 6) is 0.724. The maximum absolute atomic E-state index is 9.41. The monoisotopic (exact) mass is 234 g/mol. The van der Waals surface area contributed by atoms with Crippen molar-refractivity contribution in [1.29, 1.82) is 0 Å². The lowest BCUT2D eigenvalue weighted by atomic mass is 10.0. The van der Waals surface area contributed by atoms with Gasteiger partial charge in [-0.1, -0.05) is 6.92 Å². The summed E-state index contributed by atoms with van der Waals surface area (Å²) >= 11 is 0. The number of aryl methyl sites for hydroxylation is 1. The van der Waals surface area contributed by atoms with Gasteiger partial charge in [-0.3, -0.25) is 0 Å². The maximum atomic E-state index is 9.41. The minimum atomic E-state index is -0.362. The molecule has 1 atom stereocenters. The smallest absolute Gasteiger partial charge is 0.154 e. The second kappa shape index (κ2) is 4.33. The normalized spacial score (nSPS) is 14.8. The van der Waals surface area contributed by atoms with Gasteiger partial charge < -0.3 is 15.0 Å². The van der Waals surface area contributed by atoms with Crippen LogP contribution in [0.5, 0.6) is 0 Å². The van der Waals surface area contributed by atoms with Gasteiger partial charge in [0.15, 0.2) is 5.82 Å². The number of pyridine rings is 1. The summed E-state index contributed by atoms with van der Waals surface area (Å²) in [7, 11) is 1.95. The number of anilines is 1. The maximum Gasteiger partial charge on any atom is 0.154 e. The van der Waals surface area contributed by atoms with E-state index < -0.39 is 0 Å². The molecule has 0 spiro atoms. The van der Waals surface area contributed by atoms with Crippen LogP contribution < -0.4 is 5.32 Å². The molecule has 0 aliphatic rings. The van der Waals surface area contributed by atoms with Gasteiger partial charge in [0.1, 0.15) is 5.52 Å². The highest BCUT2D eigenvalue weighted by Gasteiger charge is 2.22. The van der Waals surface area contributed by atoms with Gasteiger partial charge in [0, 0.05) is 13.2 Å². The second-order valence-corrected chi connectivity index (χ2v) is 4.58. The predicted molar refractivity (Wildman–Crippen MR) is 67.9 cm³/mol. The molecule has 0 aliphatic heterocycles. The van der Waals surface area contributed by atoms with Crippen LogP contribution >= 0.6 is 0 Å². The quantitative estimate of drug-likeness (QED) is 0.842. The number of hydrogen-bond acceptors (Lipinski definition) is 4. The number of aliphatic hydroxyl groups is 1. The van der Waals surface area contributed by atoms with Crippen LogP contribution in [-0.4, -0.2) is 31.8 Å². The van der Waals surface area contributed by atoms with E-state index in [2.05, 4.69) is 15.3 Å². The molecular weight excluding hydrogens is 216 g/mol. The van der Waals surface area contributed by atoms with Gasteiger partial charge in [0.2, 0.25) is 0 Å². The zero-order chi connectivity index (χ0) is 12.5. The Hall–Kier alpha value is -1.62. The zero-order valence-electron chi connectivity index (χ0n) is 10.4. The highest BCUT2D eigenvalue weighted by molar-refractivity contribution is 5.86. The molecule has 5 nitrogen and oxygen atoms in total. The van der Waals surface area contributed by atoms with Crippen LogP contribution in [0.3, 0.4) is 0 Å². The Morgan fingerprint density at radius 1 is 1.47 bits per heavy atom. The van der Waals surface area contributed by atoms with Crippen molar-refractivity contribution in [3.05, 3.63) is 18.6 Å². The Morgan fingerprint density at radius 3 is 2.88 bits per heavy atom. The molecule has 0 amide bonds. The number of hydrogen-bond donors (Lipinski definition) is 2. The fourth-order valence-corrected chi connectivity index (χ4v) is 1.68. The Labute approximate surface area is 101 Å². The van der Waals surface area contributed by atoms with Crippen molar-refractivity contribution in [3.8, 4) is 0 Å². The van der Waals surface area contributed by atoms with Crippen molar-refractivity contribution in [1.82, 2.24) is 14.5 Å². The first-order valence-electron chi connectivity index (χ1n) is 5.75. The third kappa shape index (κ3) is 2.10. The van der Waals surface area contributed by atoms with E-state index in [9.17, 15) is 5.11 Å². The van der Waals surface area contributed by atoms with E-state index in [1.54, 1.807) is 12.5 Å². The van der Waals surface area contributed by atoms with Gasteiger partial charge >= 0.3 is 0 Å². The fourth-order valence-electron chi connectivity index (χ4n) is 1.68. The highest BCUT2D eigenvalue weighted by atomic mass is 16.3. The van der Waals surface area contributed by atoms with Crippen molar-refractivity contribution < 1.29 is 5.11 Å². The van der Waals surface area contributed by atoms with Crippen LogP contribution in [0.1, 0.15) is 20.3 Å². The van der Waals surface area contributed by atoms with Gasteiger partial charge in [-0.15, -0.1) is 0 Å². The molecule has 92 valence electrons. The molecule has 0 bridgehead atoms. The van der Waals surface area contributed by atoms with Crippen LogP contribution in [0, 0.1) is 0 Å². The number of rotatable bonds is 4. The van der Waals surface area contributed by atoms with Crippen molar-refractivity contribution in [2.24, 2.45) is 7.05 Å². The third-order valence-corrected chi connectivity index (χ3v) is 3.19. The lowest BCUT2D eigenvalue weighted by molar-refractivity contribution is 0.218. The summed E-state index contributed by atoms with van der Waals surface area (Å²) in [6, 6.07) is 1.93. The van der Waals surface area contributed by atoms with Crippen molar-refractivity contribution >= 4 is 16.9 Å². The molecule has 0 aromatic carbocycles. The van der Waals surface area contributed by atoms with Crippen molar-refractivity contribution in [2.45, 2.75) is 25.8 Å². The molecule has 2 N–H and O–H groups in total. The molecular formula is C12H18N4O. The molecule has 0 saturated heterocycles. The second-order valence-electron chi connectivity index (χ2n) is 4.58. The molecule has 2 aromatic heterocycles. The molecule has 2 aromatic rings. The molecule has 1 unspecified atom stereocenters. The standard InChI is InChI=1S/C12H18N4O/c1-4-12(2,7-17)15-11-10-9(5-6-13-11)16(3)8-14-10/h5-6,8,17H,4,7H2,1-3H3,(H,13,15). The molecule has 0 aliphatic carbocycles. The van der Waals surface area contributed by atoms with Gasteiger partial charge in [0.05, 0.1) is 24.0 Å². The number of imidazole rings is 1. The van der Waals surface area contributed by atoms with E-state index in [0.29, 0.717) is 0 Å². The first kappa shape index (κ1) is 11.9. The summed E-state index contributed by atoms with van der Waals surface area (Å²) in [6.07, 6.45) is 4.33. The number of nitrogens with zero attached hydrogens (tertiary/aromatic N) is 3. The van der Waals surface area contributed by atoms with E-state index in [4.69, 9.17) is 0 Å². The van der Waals surface area contributed by atoms with Gasteiger partial charge in [0.25, 0.3) is 0 Å². The Morgan fingerprint density at radius 2 is 2.24 bits per heavy atom. The van der Waals surface area contributed by atoms with Crippen LogP contribution in [0.2, 0.25) is 0 Å². The number of nitrogens with one attached hydrogen (secondary N) is 1. The first-order valence-corrected chi connectivity index (χ1v) is 5.75. The van der Waals surface area contributed by atoms with E-state index in [-0.39, 0.29) is 12.1 Å². The van der Waals surface area contributed by atoms with Gasteiger partial charge in [-0.25, -0.2) is 9.97 Å². The summed E-state index contributed by atoms with van der Waals surface area (Å²) < 4.78 is 1.95. The highest BCUT2D eigenvalue weighted by Crippen LogP contribution is 2.23. The van der Waals surface area contributed by atoms with Crippen LogP contribution in [0.4, 0.5) is 5.82 Å². The topological polar surface area (TPSA) is 63.0 Å². The summed E-state index contributed by atoms with van der Waals surface area (Å²) in [5, 5.41) is 12.7. The summed E-state index contributed by atoms with van der Waals surface area (Å²) in [6.45, 7) is 4.06. The predicted octanol–water partition coefficient (Wildman–Crippen LogP) is 1.54. The summed E-state index contributed by atoms with van der Waals surface area (Å²) in [4.78, 5) is 8.63. The average molecular weight is 234 g/mol. The lowest BCUT2D eigenvalue weighted by Gasteiger charge is -2.27. The van der Waals surface area contributed by atoms with Gasteiger partial charge in [-0.05, 0) is 19.4 Å². The third-order valence-electron chi connectivity index (χ3n) is 3.19. The minimum Gasteiger partial charge on any atom is -0.394 e. The first-order chi connectivity index (χ1) is 8.09. The minimum absolute atomic E-state index is 0.0639. The van der Waals surface area contributed by atoms with E-state index in [1.165, 1.54) is 0 Å². The molecule has 0 radical (unpaired) electrons. The molecule has 17 heavy (non-hydrogen) atoms. The van der Waals surface area contributed by atoms with Crippen LogP contribution in [-0.2, 0) is 7.05 Å². The van der Waals surface area contributed by atoms with E-state index in [0.717, 1.165) is 23.3 Å². The molecule has 0 fully saturated rings. The number of fused-ring (bicyclic) bond motifs is 1. The average Bonchev–Trinajstić information content (AvgIpc) is 2.72. The number of aromatic nitrogens is 3. The number of aliphatic hydroxyl groups excluding tert-OH is 1. The Kier molecular flexibility index (Phi) is 3.02. The van der Waals surface area contributed by atoms with Gasteiger partial charge in [-0.2, -0.15) is 0 Å². The fraction of sp³-hybridized carbons (Fsp3) is 0.500.